The highest BCUT2D eigenvalue weighted by molar-refractivity contribution is 5.50. The van der Waals surface area contributed by atoms with Crippen molar-refractivity contribution in [2.45, 2.75) is 12.8 Å². The highest BCUT2D eigenvalue weighted by Gasteiger charge is 2.09. The highest BCUT2D eigenvalue weighted by atomic mass is 16.5. The van der Waals surface area contributed by atoms with Gasteiger partial charge in [-0.05, 0) is 18.6 Å². The first kappa shape index (κ1) is 12.3. The van der Waals surface area contributed by atoms with Crippen molar-refractivity contribution in [2.24, 2.45) is 0 Å². The Morgan fingerprint density at radius 3 is 2.56 bits per heavy atom. The summed E-state index contributed by atoms with van der Waals surface area (Å²) in [7, 11) is 3.19. The smallest absolute Gasteiger partial charge is 0.203 e. The van der Waals surface area contributed by atoms with Gasteiger partial charge in [-0.25, -0.2) is 0 Å². The lowest BCUT2D eigenvalue weighted by Gasteiger charge is -2.12. The van der Waals surface area contributed by atoms with E-state index in [1.165, 1.54) is 0 Å². The molecule has 16 heavy (non-hydrogen) atoms. The van der Waals surface area contributed by atoms with Crippen molar-refractivity contribution < 1.29 is 14.2 Å². The lowest BCUT2D eigenvalue weighted by molar-refractivity contribution is 0.281. The molecule has 1 aromatic carbocycles. The molecule has 0 aliphatic heterocycles. The third-order valence-corrected chi connectivity index (χ3v) is 2.09. The maximum Gasteiger partial charge on any atom is 0.203 e. The Morgan fingerprint density at radius 2 is 1.94 bits per heavy atom. The first-order valence-electron chi connectivity index (χ1n) is 5.10. The second-order valence-corrected chi connectivity index (χ2v) is 3.15. The summed E-state index contributed by atoms with van der Waals surface area (Å²) in [4.78, 5) is 0. The fourth-order valence-corrected chi connectivity index (χ4v) is 1.33. The van der Waals surface area contributed by atoms with Crippen LogP contribution in [0.1, 0.15) is 12.8 Å². The van der Waals surface area contributed by atoms with Gasteiger partial charge in [-0.1, -0.05) is 6.07 Å². The molecule has 3 heteroatoms. The van der Waals surface area contributed by atoms with E-state index in [0.29, 0.717) is 30.3 Å². The highest BCUT2D eigenvalue weighted by Crippen LogP contribution is 2.36. The van der Waals surface area contributed by atoms with Gasteiger partial charge in [0.25, 0.3) is 0 Å². The molecular formula is C13H16O3. The van der Waals surface area contributed by atoms with Crippen molar-refractivity contribution in [1.82, 2.24) is 0 Å². The number of hydrogen-bond donors (Lipinski definition) is 0. The van der Waals surface area contributed by atoms with Gasteiger partial charge in [0, 0.05) is 6.42 Å². The van der Waals surface area contributed by atoms with Crippen LogP contribution in [0.15, 0.2) is 18.2 Å². The number of ether oxygens (including phenoxy) is 3. The van der Waals surface area contributed by atoms with Gasteiger partial charge >= 0.3 is 0 Å². The molecule has 1 rings (SSSR count). The number of para-hydroxylation sites is 1. The van der Waals surface area contributed by atoms with Crippen LogP contribution in [-0.4, -0.2) is 20.8 Å². The van der Waals surface area contributed by atoms with Crippen LogP contribution >= 0.6 is 0 Å². The Morgan fingerprint density at radius 1 is 1.19 bits per heavy atom. The zero-order chi connectivity index (χ0) is 11.8. The molecule has 0 N–H and O–H groups in total. The van der Waals surface area contributed by atoms with Crippen molar-refractivity contribution in [1.29, 1.82) is 0 Å². The van der Waals surface area contributed by atoms with Crippen LogP contribution in [0.5, 0.6) is 17.2 Å². The van der Waals surface area contributed by atoms with Crippen LogP contribution in [0, 0.1) is 12.3 Å². The first-order valence-corrected chi connectivity index (χ1v) is 5.10. The molecule has 0 aromatic heterocycles. The van der Waals surface area contributed by atoms with Gasteiger partial charge in [-0.3, -0.25) is 0 Å². The predicted octanol–water partition coefficient (Wildman–Crippen LogP) is 2.50. The van der Waals surface area contributed by atoms with Gasteiger partial charge in [0.15, 0.2) is 11.5 Å². The van der Waals surface area contributed by atoms with Crippen LogP contribution < -0.4 is 14.2 Å². The molecule has 0 aliphatic rings. The second kappa shape index (κ2) is 6.62. The number of unbranched alkanes of at least 4 members (excludes halogenated alkanes) is 1. The van der Waals surface area contributed by atoms with Crippen molar-refractivity contribution >= 4 is 0 Å². The standard InChI is InChI=1S/C13H16O3/c1-4-5-6-10-16-12-9-7-8-11(14-2)13(12)15-3/h1,7-9H,5-6,10H2,2-3H3. The summed E-state index contributed by atoms with van der Waals surface area (Å²) in [5.41, 5.74) is 0. The lowest BCUT2D eigenvalue weighted by atomic mass is 10.3. The molecule has 0 saturated heterocycles. The molecule has 0 spiro atoms. The Bertz CT molecular complexity index is 366. The van der Waals surface area contributed by atoms with E-state index in [1.807, 2.05) is 18.2 Å². The lowest BCUT2D eigenvalue weighted by Crippen LogP contribution is -2.00. The number of methoxy groups -OCH3 is 2. The maximum absolute atomic E-state index is 5.57. The minimum atomic E-state index is 0.577. The Labute approximate surface area is 96.3 Å². The molecule has 0 unspecified atom stereocenters. The monoisotopic (exact) mass is 220 g/mol. The average molecular weight is 220 g/mol. The fourth-order valence-electron chi connectivity index (χ4n) is 1.33. The van der Waals surface area contributed by atoms with Gasteiger partial charge in [0.1, 0.15) is 0 Å². The summed E-state index contributed by atoms with van der Waals surface area (Å²) in [6.45, 7) is 0.577. The minimum absolute atomic E-state index is 0.577. The second-order valence-electron chi connectivity index (χ2n) is 3.15. The van der Waals surface area contributed by atoms with Crippen molar-refractivity contribution in [3.63, 3.8) is 0 Å². The minimum Gasteiger partial charge on any atom is -0.493 e. The van der Waals surface area contributed by atoms with Crippen LogP contribution in [0.25, 0.3) is 0 Å². The maximum atomic E-state index is 5.57. The van der Waals surface area contributed by atoms with E-state index < -0.39 is 0 Å². The van der Waals surface area contributed by atoms with Crippen molar-refractivity contribution in [3.05, 3.63) is 18.2 Å². The number of hydrogen-bond acceptors (Lipinski definition) is 3. The van der Waals surface area contributed by atoms with Gasteiger partial charge in [0.05, 0.1) is 20.8 Å². The number of benzene rings is 1. The average Bonchev–Trinajstić information content (AvgIpc) is 2.34. The quantitative estimate of drug-likeness (QED) is 0.544. The van der Waals surface area contributed by atoms with E-state index in [2.05, 4.69) is 5.92 Å². The Balaban J connectivity index is 2.68. The van der Waals surface area contributed by atoms with Crippen LogP contribution in [-0.2, 0) is 0 Å². The third-order valence-electron chi connectivity index (χ3n) is 2.09. The molecule has 0 saturated carbocycles. The summed E-state index contributed by atoms with van der Waals surface area (Å²) in [6.07, 6.45) is 6.70. The summed E-state index contributed by atoms with van der Waals surface area (Å²) in [5.74, 6) is 4.53. The largest absolute Gasteiger partial charge is 0.493 e. The van der Waals surface area contributed by atoms with Gasteiger partial charge < -0.3 is 14.2 Å². The van der Waals surface area contributed by atoms with E-state index in [1.54, 1.807) is 14.2 Å². The normalized spacial score (nSPS) is 9.31. The summed E-state index contributed by atoms with van der Waals surface area (Å²) >= 11 is 0. The topological polar surface area (TPSA) is 27.7 Å². The molecule has 0 aliphatic carbocycles. The molecule has 0 fully saturated rings. The fraction of sp³-hybridized carbons (Fsp3) is 0.385. The molecule has 3 nitrogen and oxygen atoms in total. The van der Waals surface area contributed by atoms with Crippen LogP contribution in [0.2, 0.25) is 0 Å². The van der Waals surface area contributed by atoms with E-state index in [9.17, 15) is 0 Å². The van der Waals surface area contributed by atoms with Gasteiger partial charge in [-0.15, -0.1) is 12.3 Å². The van der Waals surface area contributed by atoms with Crippen molar-refractivity contribution in [2.75, 3.05) is 20.8 Å². The summed E-state index contributed by atoms with van der Waals surface area (Å²) in [6, 6.07) is 5.53. The van der Waals surface area contributed by atoms with Gasteiger partial charge in [0.2, 0.25) is 5.75 Å². The van der Waals surface area contributed by atoms with E-state index in [-0.39, 0.29) is 0 Å². The van der Waals surface area contributed by atoms with E-state index in [4.69, 9.17) is 20.6 Å². The molecular weight excluding hydrogens is 204 g/mol. The Kier molecular flexibility index (Phi) is 5.07. The molecule has 0 atom stereocenters. The number of terminal acetylenes is 1. The molecule has 0 radical (unpaired) electrons. The molecule has 0 heterocycles. The predicted molar refractivity (Wildman–Crippen MR) is 63.1 cm³/mol. The first-order chi connectivity index (χ1) is 7.83. The van der Waals surface area contributed by atoms with Crippen molar-refractivity contribution in [3.8, 4) is 29.6 Å². The molecule has 86 valence electrons. The SMILES string of the molecule is C#CCCCOc1cccc(OC)c1OC. The van der Waals surface area contributed by atoms with Gasteiger partial charge in [-0.2, -0.15) is 0 Å². The zero-order valence-electron chi connectivity index (χ0n) is 9.66. The Hall–Kier alpha value is -1.82. The molecule has 0 amide bonds. The number of rotatable bonds is 6. The van der Waals surface area contributed by atoms with E-state index in [0.717, 1.165) is 6.42 Å². The van der Waals surface area contributed by atoms with Crippen LogP contribution in [0.3, 0.4) is 0 Å². The third kappa shape index (κ3) is 3.09. The van der Waals surface area contributed by atoms with E-state index >= 15 is 0 Å². The summed E-state index contributed by atoms with van der Waals surface area (Å²) < 4.78 is 16.0. The zero-order valence-corrected chi connectivity index (χ0v) is 9.66. The molecule has 1 aromatic rings. The van der Waals surface area contributed by atoms with Crippen LogP contribution in [0.4, 0.5) is 0 Å². The summed E-state index contributed by atoms with van der Waals surface area (Å²) in [5, 5.41) is 0. The molecule has 0 bridgehead atoms.